The molecule has 0 N–H and O–H groups in total. The van der Waals surface area contributed by atoms with Crippen LogP contribution in [0.2, 0.25) is 0 Å². The minimum Gasteiger partial charge on any atom is -0.315 e. The Bertz CT molecular complexity index is 833. The minimum atomic E-state index is -3.04. The Labute approximate surface area is 153 Å². The van der Waals surface area contributed by atoms with Crippen molar-refractivity contribution in [1.29, 1.82) is 0 Å². The zero-order valence-corrected chi connectivity index (χ0v) is 16.7. The number of hydrogen-bond acceptors (Lipinski definition) is 4. The maximum atomic E-state index is 12.4. The van der Waals surface area contributed by atoms with Gasteiger partial charge in [-0.25, -0.2) is 8.42 Å². The van der Waals surface area contributed by atoms with E-state index in [1.54, 1.807) is 0 Å². The summed E-state index contributed by atoms with van der Waals surface area (Å²) < 4.78 is 24.2. The molecule has 0 bridgehead atoms. The Kier molecular flexibility index (Phi) is 4.99. The SMILES string of the molecule is CCC(C)C(=O)N=C1SC2CS(=O)(=O)CC2N1c1cc(C)ccc1C. The highest BCUT2D eigenvalue weighted by Crippen LogP contribution is 2.42. The van der Waals surface area contributed by atoms with Crippen molar-refractivity contribution < 1.29 is 13.2 Å². The quantitative estimate of drug-likeness (QED) is 0.806. The van der Waals surface area contributed by atoms with E-state index in [0.29, 0.717) is 5.17 Å². The van der Waals surface area contributed by atoms with Crippen LogP contribution >= 0.6 is 11.8 Å². The van der Waals surface area contributed by atoms with Gasteiger partial charge in [0.2, 0.25) is 0 Å². The van der Waals surface area contributed by atoms with Crippen LogP contribution in [0.15, 0.2) is 23.2 Å². The molecule has 2 saturated heterocycles. The van der Waals surface area contributed by atoms with Gasteiger partial charge in [-0.15, -0.1) is 0 Å². The fourth-order valence-electron chi connectivity index (χ4n) is 3.20. The average Bonchev–Trinajstić information content (AvgIpc) is 3.00. The van der Waals surface area contributed by atoms with Gasteiger partial charge in [-0.3, -0.25) is 4.79 Å². The molecule has 2 heterocycles. The summed E-state index contributed by atoms with van der Waals surface area (Å²) in [5, 5.41) is 0.581. The normalized spacial score (nSPS) is 27.5. The van der Waals surface area contributed by atoms with Crippen LogP contribution in [0.4, 0.5) is 5.69 Å². The zero-order chi connectivity index (χ0) is 18.4. The molecule has 2 fully saturated rings. The summed E-state index contributed by atoms with van der Waals surface area (Å²) in [6, 6.07) is 5.96. The predicted molar refractivity (Wildman–Crippen MR) is 104 cm³/mol. The lowest BCUT2D eigenvalue weighted by atomic mass is 10.1. The number of nitrogens with zero attached hydrogens (tertiary/aromatic N) is 2. The van der Waals surface area contributed by atoms with E-state index in [0.717, 1.165) is 23.2 Å². The highest BCUT2D eigenvalue weighted by Gasteiger charge is 2.49. The Balaban J connectivity index is 2.05. The molecule has 5 nitrogen and oxygen atoms in total. The van der Waals surface area contributed by atoms with Crippen molar-refractivity contribution in [2.45, 2.75) is 45.4 Å². The van der Waals surface area contributed by atoms with Gasteiger partial charge in [0.15, 0.2) is 15.0 Å². The largest absolute Gasteiger partial charge is 0.315 e. The van der Waals surface area contributed by atoms with Crippen molar-refractivity contribution in [3.8, 4) is 0 Å². The van der Waals surface area contributed by atoms with Gasteiger partial charge in [-0.2, -0.15) is 4.99 Å². The number of carbonyl (C=O) groups is 1. The van der Waals surface area contributed by atoms with Crippen LogP contribution in [0.3, 0.4) is 0 Å². The number of rotatable bonds is 3. The lowest BCUT2D eigenvalue weighted by molar-refractivity contribution is -0.121. The number of fused-ring (bicyclic) bond motifs is 1. The van der Waals surface area contributed by atoms with E-state index < -0.39 is 9.84 Å². The van der Waals surface area contributed by atoms with Gasteiger partial charge in [-0.1, -0.05) is 37.7 Å². The number of sulfone groups is 1. The van der Waals surface area contributed by atoms with Crippen LogP contribution < -0.4 is 4.90 Å². The maximum absolute atomic E-state index is 12.4. The number of carbonyl (C=O) groups excluding carboxylic acids is 1. The van der Waals surface area contributed by atoms with Gasteiger partial charge >= 0.3 is 0 Å². The smallest absolute Gasteiger partial charge is 0.250 e. The first-order chi connectivity index (χ1) is 11.7. The number of thioether (sulfide) groups is 1. The lowest BCUT2D eigenvalue weighted by Gasteiger charge is -2.26. The maximum Gasteiger partial charge on any atom is 0.250 e. The summed E-state index contributed by atoms with van der Waals surface area (Å²) in [5.74, 6) is 0.00956. The molecule has 3 atom stereocenters. The van der Waals surface area contributed by atoms with Crippen molar-refractivity contribution >= 4 is 38.4 Å². The Morgan fingerprint density at radius 2 is 2.08 bits per heavy atom. The summed E-state index contributed by atoms with van der Waals surface area (Å²) in [4.78, 5) is 18.7. The third-order valence-electron chi connectivity index (χ3n) is 4.93. The number of anilines is 1. The molecule has 0 aromatic heterocycles. The molecule has 0 saturated carbocycles. The van der Waals surface area contributed by atoms with Crippen LogP contribution in [-0.2, 0) is 14.6 Å². The summed E-state index contributed by atoms with van der Waals surface area (Å²) >= 11 is 1.43. The van der Waals surface area contributed by atoms with Crippen molar-refractivity contribution in [1.82, 2.24) is 0 Å². The van der Waals surface area contributed by atoms with Crippen LogP contribution in [-0.4, -0.2) is 42.3 Å². The molecular weight excluding hydrogens is 356 g/mol. The molecule has 0 spiro atoms. The zero-order valence-electron chi connectivity index (χ0n) is 15.0. The van der Waals surface area contributed by atoms with E-state index in [1.165, 1.54) is 11.8 Å². The number of benzene rings is 1. The molecular formula is C18H24N2O3S2. The second-order valence-electron chi connectivity index (χ2n) is 7.00. The Morgan fingerprint density at radius 1 is 1.36 bits per heavy atom. The van der Waals surface area contributed by atoms with Gasteiger partial charge in [0.1, 0.15) is 0 Å². The fourth-order valence-corrected chi connectivity index (χ4v) is 7.12. The van der Waals surface area contributed by atoms with Gasteiger partial charge in [0.25, 0.3) is 5.91 Å². The number of aliphatic imine (C=N–C) groups is 1. The Morgan fingerprint density at radius 3 is 2.76 bits per heavy atom. The second kappa shape index (κ2) is 6.76. The van der Waals surface area contributed by atoms with E-state index >= 15 is 0 Å². The summed E-state index contributed by atoms with van der Waals surface area (Å²) in [6.45, 7) is 7.86. The van der Waals surface area contributed by atoms with Crippen molar-refractivity contribution in [2.75, 3.05) is 16.4 Å². The molecule has 7 heteroatoms. The van der Waals surface area contributed by atoms with Crippen molar-refractivity contribution in [2.24, 2.45) is 10.9 Å². The highest BCUT2D eigenvalue weighted by molar-refractivity contribution is 8.16. The number of amides is 1. The number of aryl methyl sites for hydroxylation is 2. The Hall–Kier alpha value is -1.34. The molecule has 1 aromatic carbocycles. The first-order valence-corrected chi connectivity index (χ1v) is 11.3. The molecule has 2 aliphatic rings. The molecule has 1 amide bonds. The van der Waals surface area contributed by atoms with Gasteiger partial charge in [0.05, 0.1) is 17.5 Å². The first kappa shape index (κ1) is 18.5. The predicted octanol–water partition coefficient (Wildman–Crippen LogP) is 2.95. The second-order valence-corrected chi connectivity index (χ2v) is 10.4. The third kappa shape index (κ3) is 3.62. The van der Waals surface area contributed by atoms with E-state index in [-0.39, 0.29) is 34.6 Å². The van der Waals surface area contributed by atoms with E-state index in [4.69, 9.17) is 0 Å². The summed E-state index contributed by atoms with van der Waals surface area (Å²) in [5.41, 5.74) is 3.11. The summed E-state index contributed by atoms with van der Waals surface area (Å²) in [6.07, 6.45) is 0.741. The third-order valence-corrected chi connectivity index (χ3v) is 8.14. The highest BCUT2D eigenvalue weighted by atomic mass is 32.2. The molecule has 25 heavy (non-hydrogen) atoms. The van der Waals surface area contributed by atoms with Crippen LogP contribution in [0, 0.1) is 19.8 Å². The monoisotopic (exact) mass is 380 g/mol. The van der Waals surface area contributed by atoms with E-state index in [2.05, 4.69) is 4.99 Å². The van der Waals surface area contributed by atoms with Gasteiger partial charge in [-0.05, 0) is 37.5 Å². The van der Waals surface area contributed by atoms with E-state index in [9.17, 15) is 13.2 Å². The molecule has 0 radical (unpaired) electrons. The fraction of sp³-hybridized carbons (Fsp3) is 0.556. The lowest BCUT2D eigenvalue weighted by Crippen LogP contribution is -2.38. The molecule has 0 aliphatic carbocycles. The number of hydrogen-bond donors (Lipinski definition) is 0. The summed E-state index contributed by atoms with van der Waals surface area (Å²) in [7, 11) is -3.04. The first-order valence-electron chi connectivity index (χ1n) is 8.58. The minimum absolute atomic E-state index is 0.0617. The molecule has 136 valence electrons. The van der Waals surface area contributed by atoms with Crippen LogP contribution in [0.25, 0.3) is 0 Å². The number of amidine groups is 1. The van der Waals surface area contributed by atoms with Gasteiger partial charge in [0, 0.05) is 16.9 Å². The molecule has 1 aromatic rings. The van der Waals surface area contributed by atoms with Crippen LogP contribution in [0.5, 0.6) is 0 Å². The van der Waals surface area contributed by atoms with Crippen LogP contribution in [0.1, 0.15) is 31.4 Å². The van der Waals surface area contributed by atoms with Crippen molar-refractivity contribution in [3.05, 3.63) is 29.3 Å². The average molecular weight is 381 g/mol. The van der Waals surface area contributed by atoms with Crippen molar-refractivity contribution in [3.63, 3.8) is 0 Å². The molecule has 3 rings (SSSR count). The molecule has 2 aliphatic heterocycles. The topological polar surface area (TPSA) is 66.8 Å². The standard InChI is InChI=1S/C18H24N2O3S2/c1-5-12(3)17(21)19-18-20(14-8-11(2)6-7-13(14)4)15-9-25(22,23)10-16(15)24-18/h6-8,12,15-16H,5,9-10H2,1-4H3. The van der Waals surface area contributed by atoms with Gasteiger partial charge < -0.3 is 4.90 Å². The molecule has 3 unspecified atom stereocenters. The van der Waals surface area contributed by atoms with E-state index in [1.807, 2.05) is 50.8 Å².